The molecule has 0 fully saturated rings. The number of benzene rings is 3. The molecule has 0 bridgehead atoms. The van der Waals surface area contributed by atoms with E-state index in [9.17, 15) is 26.7 Å². The summed E-state index contributed by atoms with van der Waals surface area (Å²) in [6.07, 6.45) is 5.44. The third-order valence-corrected chi connectivity index (χ3v) is 9.50. The Kier molecular flexibility index (Phi) is 5.42. The van der Waals surface area contributed by atoms with E-state index in [1.54, 1.807) is 54.6 Å². The van der Waals surface area contributed by atoms with Crippen LogP contribution in [0.4, 0.5) is 0 Å². The second-order valence-corrected chi connectivity index (χ2v) is 11.7. The Balaban J connectivity index is 1.61. The lowest BCUT2D eigenvalue weighted by Crippen LogP contribution is -2.01. The molecule has 0 aliphatic carbocycles. The summed E-state index contributed by atoms with van der Waals surface area (Å²) in [7, 11) is -7.89. The number of hydrogen-bond acceptors (Lipinski definition) is 6. The number of fused-ring (bicyclic) bond motifs is 2. The largest absolute Gasteiger partial charge is 0.506 e. The fraction of sp³-hybridized carbons (Fsp3) is 0. The smallest absolute Gasteiger partial charge is 0.211 e. The van der Waals surface area contributed by atoms with Crippen molar-refractivity contribution in [1.82, 2.24) is 0 Å². The summed E-state index contributed by atoms with van der Waals surface area (Å²) >= 11 is 0. The third-order valence-electron chi connectivity index (χ3n) is 5.82. The van der Waals surface area contributed by atoms with Crippen molar-refractivity contribution in [3.8, 4) is 0 Å². The molecule has 0 saturated heterocycles. The molecule has 0 aromatic heterocycles. The highest BCUT2D eigenvalue weighted by Gasteiger charge is 2.38. The van der Waals surface area contributed by atoms with Gasteiger partial charge in [-0.1, -0.05) is 66.7 Å². The maximum Gasteiger partial charge on any atom is 0.211 e. The Bertz CT molecular complexity index is 1720. The van der Waals surface area contributed by atoms with Crippen LogP contribution in [0.25, 0.3) is 11.3 Å². The number of carbonyl (C=O) groups is 1. The number of aliphatic hydroxyl groups is 1. The van der Waals surface area contributed by atoms with E-state index in [0.717, 1.165) is 0 Å². The lowest BCUT2D eigenvalue weighted by molar-refractivity contribution is 0.104. The van der Waals surface area contributed by atoms with Gasteiger partial charge in [0.05, 0.1) is 9.79 Å². The molecule has 1 N–H and O–H groups in total. The number of aliphatic hydroxyl groups excluding tert-OH is 1. The van der Waals surface area contributed by atoms with Gasteiger partial charge in [-0.2, -0.15) is 0 Å². The van der Waals surface area contributed by atoms with Crippen LogP contribution < -0.4 is 0 Å². The lowest BCUT2D eigenvalue weighted by atomic mass is 10.0. The highest BCUT2D eigenvalue weighted by atomic mass is 32.2. The summed E-state index contributed by atoms with van der Waals surface area (Å²) in [6, 6.07) is 21.1. The molecular weight excluding hydrogens is 484 g/mol. The van der Waals surface area contributed by atoms with Crippen molar-refractivity contribution in [2.45, 2.75) is 9.79 Å². The Labute approximate surface area is 202 Å². The number of Topliss-reactive ketones (excluding diaryl/α,β-unsaturated/α-hetero) is 1. The van der Waals surface area contributed by atoms with Gasteiger partial charge in [-0.3, -0.25) is 4.79 Å². The minimum absolute atomic E-state index is 0.0184. The van der Waals surface area contributed by atoms with Crippen molar-refractivity contribution in [2.75, 3.05) is 0 Å². The number of carbonyl (C=O) groups excluding carboxylic acids is 1. The standard InChI is InChI=1S/C27H18O6S2/c28-26-20-10-4-6-12-22(20)34(30,31)24(26)16-14-19(18-8-2-1-3-9-18)15-17-25-27(29)21-11-5-7-13-23(21)35(25,32)33/h1-17,28H/b16-14+,19-15+,25-17-. The number of hydrogen-bond donors (Lipinski definition) is 1. The van der Waals surface area contributed by atoms with Crippen LogP contribution in [-0.4, -0.2) is 27.7 Å². The average molecular weight is 503 g/mol. The maximum atomic E-state index is 12.9. The van der Waals surface area contributed by atoms with Gasteiger partial charge in [-0.05, 0) is 47.6 Å². The molecule has 2 aliphatic rings. The first-order valence-corrected chi connectivity index (χ1v) is 13.5. The van der Waals surface area contributed by atoms with E-state index in [-0.39, 0.29) is 36.5 Å². The molecule has 174 valence electrons. The Hall–Kier alpha value is -4.01. The predicted molar refractivity (Wildman–Crippen MR) is 133 cm³/mol. The van der Waals surface area contributed by atoms with Gasteiger partial charge in [0.15, 0.2) is 0 Å². The molecule has 0 radical (unpaired) electrons. The second kappa shape index (κ2) is 8.33. The van der Waals surface area contributed by atoms with Gasteiger partial charge in [0.1, 0.15) is 15.6 Å². The van der Waals surface area contributed by atoms with Gasteiger partial charge in [-0.25, -0.2) is 16.8 Å². The maximum absolute atomic E-state index is 12.9. The molecule has 8 heteroatoms. The van der Waals surface area contributed by atoms with Crippen molar-refractivity contribution in [2.24, 2.45) is 0 Å². The molecule has 6 nitrogen and oxygen atoms in total. The first kappa shape index (κ1) is 22.8. The van der Waals surface area contributed by atoms with E-state index in [1.807, 2.05) is 0 Å². The molecule has 2 heterocycles. The summed E-state index contributed by atoms with van der Waals surface area (Å²) in [4.78, 5) is 12.1. The SMILES string of the molecule is O=C1/C(=C/C=C(\C=C\C2=C(O)c3ccccc3S2(=O)=O)c2ccccc2)S(=O)(=O)c2ccccc21. The minimum atomic E-state index is -3.97. The van der Waals surface area contributed by atoms with Crippen LogP contribution in [0, 0.1) is 0 Å². The minimum Gasteiger partial charge on any atom is -0.506 e. The molecule has 2 aliphatic heterocycles. The molecule has 35 heavy (non-hydrogen) atoms. The molecular formula is C27H18O6S2. The van der Waals surface area contributed by atoms with Crippen LogP contribution in [0.2, 0.25) is 0 Å². The topological polar surface area (TPSA) is 106 Å². The Morgan fingerprint density at radius 2 is 1.29 bits per heavy atom. The van der Waals surface area contributed by atoms with Crippen molar-refractivity contribution in [3.63, 3.8) is 0 Å². The summed E-state index contributed by atoms with van der Waals surface area (Å²) in [5, 5.41) is 10.6. The normalized spacial score (nSPS) is 19.4. The fourth-order valence-electron chi connectivity index (χ4n) is 4.08. The Morgan fingerprint density at radius 3 is 1.91 bits per heavy atom. The lowest BCUT2D eigenvalue weighted by Gasteiger charge is -2.03. The van der Waals surface area contributed by atoms with Crippen LogP contribution in [0.3, 0.4) is 0 Å². The molecule has 5 rings (SSSR count). The molecule has 0 unspecified atom stereocenters. The van der Waals surface area contributed by atoms with Crippen LogP contribution in [0.15, 0.2) is 123 Å². The zero-order valence-corrected chi connectivity index (χ0v) is 19.8. The van der Waals surface area contributed by atoms with Crippen molar-refractivity contribution < 1.29 is 26.7 Å². The van der Waals surface area contributed by atoms with Gasteiger partial charge in [0, 0.05) is 11.1 Å². The van der Waals surface area contributed by atoms with E-state index in [2.05, 4.69) is 0 Å². The number of sulfone groups is 2. The van der Waals surface area contributed by atoms with Gasteiger partial charge in [0.2, 0.25) is 25.5 Å². The second-order valence-electron chi connectivity index (χ2n) is 7.89. The zero-order chi connectivity index (χ0) is 24.8. The molecule has 0 amide bonds. The molecule has 0 spiro atoms. The van der Waals surface area contributed by atoms with Crippen LogP contribution in [0.1, 0.15) is 21.5 Å². The molecule has 3 aromatic carbocycles. The highest BCUT2D eigenvalue weighted by molar-refractivity contribution is 7.97. The number of allylic oxidation sites excluding steroid dienone is 6. The summed E-state index contributed by atoms with van der Waals surface area (Å²) < 4.78 is 51.7. The van der Waals surface area contributed by atoms with Crippen LogP contribution in [-0.2, 0) is 19.7 Å². The third kappa shape index (κ3) is 3.67. The summed E-state index contributed by atoms with van der Waals surface area (Å²) in [6.45, 7) is 0. The van der Waals surface area contributed by atoms with Gasteiger partial charge in [0.25, 0.3) is 0 Å². The van der Waals surface area contributed by atoms with E-state index in [1.165, 1.54) is 48.6 Å². The Morgan fingerprint density at radius 1 is 0.714 bits per heavy atom. The predicted octanol–water partition coefficient (Wildman–Crippen LogP) is 4.89. The van der Waals surface area contributed by atoms with Gasteiger partial charge in [-0.15, -0.1) is 0 Å². The number of ketones is 1. The van der Waals surface area contributed by atoms with E-state index >= 15 is 0 Å². The van der Waals surface area contributed by atoms with Crippen LogP contribution in [0.5, 0.6) is 0 Å². The van der Waals surface area contributed by atoms with Crippen molar-refractivity contribution in [3.05, 3.63) is 130 Å². The fourth-order valence-corrected chi connectivity index (χ4v) is 7.19. The number of rotatable bonds is 4. The van der Waals surface area contributed by atoms with Crippen molar-refractivity contribution in [1.29, 1.82) is 0 Å². The van der Waals surface area contributed by atoms with E-state index in [0.29, 0.717) is 11.1 Å². The van der Waals surface area contributed by atoms with E-state index < -0.39 is 25.5 Å². The first-order chi connectivity index (χ1) is 16.7. The van der Waals surface area contributed by atoms with Gasteiger partial charge < -0.3 is 5.11 Å². The first-order valence-electron chi connectivity index (χ1n) is 10.5. The highest BCUT2D eigenvalue weighted by Crippen LogP contribution is 2.39. The summed E-state index contributed by atoms with van der Waals surface area (Å²) in [5.41, 5.74) is 1.45. The van der Waals surface area contributed by atoms with E-state index in [4.69, 9.17) is 0 Å². The molecule has 3 aromatic rings. The van der Waals surface area contributed by atoms with Gasteiger partial charge >= 0.3 is 0 Å². The quantitative estimate of drug-likeness (QED) is 0.402. The van der Waals surface area contributed by atoms with Crippen LogP contribution >= 0.6 is 0 Å². The summed E-state index contributed by atoms with van der Waals surface area (Å²) in [5.74, 6) is -0.950. The average Bonchev–Trinajstić information content (AvgIpc) is 3.18. The zero-order valence-electron chi connectivity index (χ0n) is 18.1. The molecule has 0 saturated carbocycles. The monoisotopic (exact) mass is 502 g/mol. The van der Waals surface area contributed by atoms with Crippen molar-refractivity contribution >= 4 is 36.8 Å². The molecule has 0 atom stereocenters.